The molecular weight excluding hydrogens is 278 g/mol. The number of hydrogen-bond donors (Lipinski definition) is 0. The van der Waals surface area contributed by atoms with E-state index in [1.165, 1.54) is 10.5 Å². The second-order valence-corrected chi connectivity index (χ2v) is 7.26. The van der Waals surface area contributed by atoms with Crippen molar-refractivity contribution in [3.05, 3.63) is 11.6 Å². The van der Waals surface area contributed by atoms with Gasteiger partial charge in [0.25, 0.3) is 5.91 Å². The third-order valence-corrected chi connectivity index (χ3v) is 4.73. The molecule has 124 valence electrons. The number of carbonyl (C=O) groups is 2. The Morgan fingerprint density at radius 2 is 1.82 bits per heavy atom. The number of nitrogens with zero attached hydrogens (tertiary/aromatic N) is 3. The molecule has 0 aromatic rings. The van der Waals surface area contributed by atoms with Crippen molar-refractivity contribution in [2.75, 3.05) is 33.2 Å². The molecule has 1 spiro atoms. The fraction of sp³-hybridized carbons (Fsp3) is 0.765. The predicted molar refractivity (Wildman–Crippen MR) is 87.5 cm³/mol. The summed E-state index contributed by atoms with van der Waals surface area (Å²) in [6.45, 7) is 11.7. The van der Waals surface area contributed by atoms with Gasteiger partial charge in [-0.05, 0) is 32.6 Å². The zero-order valence-corrected chi connectivity index (χ0v) is 14.6. The van der Waals surface area contributed by atoms with Gasteiger partial charge in [0, 0.05) is 33.2 Å². The molecule has 0 saturated carbocycles. The van der Waals surface area contributed by atoms with E-state index in [0.717, 1.165) is 32.5 Å². The van der Waals surface area contributed by atoms with Crippen LogP contribution in [0.15, 0.2) is 11.6 Å². The van der Waals surface area contributed by atoms with Crippen LogP contribution in [0.1, 0.15) is 40.5 Å². The fourth-order valence-electron chi connectivity index (χ4n) is 3.40. The van der Waals surface area contributed by atoms with E-state index in [2.05, 4.69) is 38.7 Å². The van der Waals surface area contributed by atoms with Crippen LogP contribution in [0, 0.1) is 5.92 Å². The molecule has 2 saturated heterocycles. The Bertz CT molecular complexity index is 472. The van der Waals surface area contributed by atoms with Crippen molar-refractivity contribution in [1.29, 1.82) is 0 Å². The lowest BCUT2D eigenvalue weighted by Gasteiger charge is -2.42. The van der Waals surface area contributed by atoms with Gasteiger partial charge in [0.15, 0.2) is 0 Å². The summed E-state index contributed by atoms with van der Waals surface area (Å²) in [5, 5.41) is 0. The number of likely N-dealkylation sites (N-methyl/N-ethyl adjacent to an activating group) is 1. The first-order chi connectivity index (χ1) is 10.3. The molecule has 0 aliphatic carbocycles. The number of imide groups is 1. The highest BCUT2D eigenvalue weighted by Gasteiger charge is 2.56. The van der Waals surface area contributed by atoms with Gasteiger partial charge in [-0.15, -0.1) is 0 Å². The van der Waals surface area contributed by atoms with Gasteiger partial charge in [-0.1, -0.05) is 25.5 Å². The van der Waals surface area contributed by atoms with Crippen molar-refractivity contribution in [3.8, 4) is 0 Å². The van der Waals surface area contributed by atoms with Crippen LogP contribution in [-0.4, -0.2) is 65.4 Å². The number of likely N-dealkylation sites (tertiary alicyclic amines) is 1. The molecule has 2 heterocycles. The number of allylic oxidation sites excluding steroid dienone is 1. The standard InChI is InChI=1S/C17H29N3O2/c1-13(2)6-9-19-10-7-17(8-11-19)15(21)18(5)16(22)20(17)12-14(3)4/h6,14H,7-12H2,1-5H3. The van der Waals surface area contributed by atoms with Crippen molar-refractivity contribution < 1.29 is 9.59 Å². The summed E-state index contributed by atoms with van der Waals surface area (Å²) < 4.78 is 0. The largest absolute Gasteiger partial charge is 0.327 e. The maximum absolute atomic E-state index is 12.7. The molecule has 2 aliphatic rings. The van der Waals surface area contributed by atoms with E-state index >= 15 is 0 Å². The van der Waals surface area contributed by atoms with Crippen molar-refractivity contribution in [2.45, 2.75) is 46.1 Å². The summed E-state index contributed by atoms with van der Waals surface area (Å²) in [4.78, 5) is 30.6. The SMILES string of the molecule is CC(C)=CCN1CCC2(CC1)C(=O)N(C)C(=O)N2CC(C)C. The minimum atomic E-state index is -0.600. The summed E-state index contributed by atoms with van der Waals surface area (Å²) in [5.74, 6) is 0.351. The third kappa shape index (κ3) is 3.05. The van der Waals surface area contributed by atoms with E-state index < -0.39 is 5.54 Å². The summed E-state index contributed by atoms with van der Waals surface area (Å²) in [6.07, 6.45) is 3.70. The molecule has 2 rings (SSSR count). The van der Waals surface area contributed by atoms with E-state index in [-0.39, 0.29) is 11.9 Å². The number of amides is 3. The highest BCUT2D eigenvalue weighted by Crippen LogP contribution is 2.37. The zero-order chi connectivity index (χ0) is 16.5. The number of urea groups is 1. The maximum Gasteiger partial charge on any atom is 0.327 e. The predicted octanol–water partition coefficient (Wildman–Crippen LogP) is 2.34. The monoisotopic (exact) mass is 307 g/mol. The first kappa shape index (κ1) is 17.0. The van der Waals surface area contributed by atoms with Crippen molar-refractivity contribution >= 4 is 11.9 Å². The molecule has 0 radical (unpaired) electrons. The summed E-state index contributed by atoms with van der Waals surface area (Å²) in [7, 11) is 1.61. The van der Waals surface area contributed by atoms with Crippen molar-refractivity contribution in [3.63, 3.8) is 0 Å². The molecule has 5 nitrogen and oxygen atoms in total. The summed E-state index contributed by atoms with van der Waals surface area (Å²) >= 11 is 0. The number of hydrogen-bond acceptors (Lipinski definition) is 3. The number of carbonyl (C=O) groups excluding carboxylic acids is 2. The molecule has 3 amide bonds. The average molecular weight is 307 g/mol. The number of rotatable bonds is 4. The van der Waals surface area contributed by atoms with Crippen LogP contribution in [0.2, 0.25) is 0 Å². The lowest BCUT2D eigenvalue weighted by atomic mass is 9.85. The summed E-state index contributed by atoms with van der Waals surface area (Å²) in [5.41, 5.74) is 0.714. The van der Waals surface area contributed by atoms with Crippen LogP contribution in [-0.2, 0) is 4.79 Å². The molecule has 0 bridgehead atoms. The molecular formula is C17H29N3O2. The highest BCUT2D eigenvalue weighted by molar-refractivity contribution is 6.06. The van der Waals surface area contributed by atoms with Crippen LogP contribution in [0.4, 0.5) is 4.79 Å². The van der Waals surface area contributed by atoms with Gasteiger partial charge in [0.1, 0.15) is 5.54 Å². The van der Waals surface area contributed by atoms with Gasteiger partial charge >= 0.3 is 6.03 Å². The van der Waals surface area contributed by atoms with Crippen LogP contribution in [0.25, 0.3) is 0 Å². The minimum absolute atomic E-state index is 0.0139. The van der Waals surface area contributed by atoms with Gasteiger partial charge in [-0.3, -0.25) is 14.6 Å². The van der Waals surface area contributed by atoms with E-state index in [9.17, 15) is 9.59 Å². The quantitative estimate of drug-likeness (QED) is 0.591. The van der Waals surface area contributed by atoms with E-state index in [4.69, 9.17) is 0 Å². The van der Waals surface area contributed by atoms with E-state index in [0.29, 0.717) is 12.5 Å². The molecule has 2 fully saturated rings. The Morgan fingerprint density at radius 1 is 1.23 bits per heavy atom. The second-order valence-electron chi connectivity index (χ2n) is 7.26. The Hall–Kier alpha value is -1.36. The lowest BCUT2D eigenvalue weighted by Crippen LogP contribution is -2.57. The third-order valence-electron chi connectivity index (χ3n) is 4.73. The first-order valence-electron chi connectivity index (χ1n) is 8.23. The minimum Gasteiger partial charge on any atom is -0.309 e. The second kappa shape index (κ2) is 6.41. The molecule has 22 heavy (non-hydrogen) atoms. The average Bonchev–Trinajstić information content (AvgIpc) is 2.63. The van der Waals surface area contributed by atoms with Crippen molar-refractivity contribution in [1.82, 2.24) is 14.7 Å². The molecule has 0 N–H and O–H groups in total. The lowest BCUT2D eigenvalue weighted by molar-refractivity contribution is -0.134. The molecule has 5 heteroatoms. The van der Waals surface area contributed by atoms with Gasteiger partial charge in [0.05, 0.1) is 0 Å². The zero-order valence-electron chi connectivity index (χ0n) is 14.6. The molecule has 0 unspecified atom stereocenters. The maximum atomic E-state index is 12.7. The van der Waals surface area contributed by atoms with Gasteiger partial charge in [0.2, 0.25) is 0 Å². The van der Waals surface area contributed by atoms with Crippen molar-refractivity contribution in [2.24, 2.45) is 5.92 Å². The van der Waals surface area contributed by atoms with Crippen LogP contribution >= 0.6 is 0 Å². The van der Waals surface area contributed by atoms with E-state index in [1.807, 2.05) is 4.90 Å². The van der Waals surface area contributed by atoms with Gasteiger partial charge in [-0.25, -0.2) is 4.79 Å². The smallest absolute Gasteiger partial charge is 0.309 e. The summed E-state index contributed by atoms with van der Waals surface area (Å²) in [6, 6.07) is -0.128. The van der Waals surface area contributed by atoms with Crippen LogP contribution in [0.5, 0.6) is 0 Å². The van der Waals surface area contributed by atoms with E-state index in [1.54, 1.807) is 7.05 Å². The number of piperidine rings is 1. The molecule has 0 atom stereocenters. The highest BCUT2D eigenvalue weighted by atomic mass is 16.2. The first-order valence-corrected chi connectivity index (χ1v) is 8.23. The Kier molecular flexibility index (Phi) is 4.95. The topological polar surface area (TPSA) is 43.9 Å². The Balaban J connectivity index is 2.13. The van der Waals surface area contributed by atoms with Gasteiger partial charge < -0.3 is 4.90 Å². The Morgan fingerprint density at radius 3 is 2.32 bits per heavy atom. The molecule has 2 aliphatic heterocycles. The molecule has 0 aromatic heterocycles. The Labute approximate surface area is 133 Å². The van der Waals surface area contributed by atoms with Crippen LogP contribution in [0.3, 0.4) is 0 Å². The van der Waals surface area contributed by atoms with Gasteiger partial charge in [-0.2, -0.15) is 0 Å². The van der Waals surface area contributed by atoms with Crippen LogP contribution < -0.4 is 0 Å². The fourth-order valence-corrected chi connectivity index (χ4v) is 3.40. The normalized spacial score (nSPS) is 22.1. The molecule has 0 aromatic carbocycles.